The summed E-state index contributed by atoms with van der Waals surface area (Å²) in [5, 5.41) is 9.27. The molecule has 1 fully saturated rings. The number of aromatic nitrogens is 1. The fourth-order valence-electron chi connectivity index (χ4n) is 6.50. The van der Waals surface area contributed by atoms with E-state index in [4.69, 9.17) is 40.0 Å². The van der Waals surface area contributed by atoms with Gasteiger partial charge in [0.1, 0.15) is 24.4 Å². The van der Waals surface area contributed by atoms with Crippen LogP contribution in [0.4, 0.5) is 5.69 Å². The van der Waals surface area contributed by atoms with Crippen LogP contribution in [0.15, 0.2) is 72.9 Å². The second-order valence-electron chi connectivity index (χ2n) is 13.4. The highest BCUT2D eigenvalue weighted by atomic mass is 35.5. The van der Waals surface area contributed by atoms with Gasteiger partial charge in [-0.1, -0.05) is 35.9 Å². The van der Waals surface area contributed by atoms with E-state index in [1.54, 1.807) is 44.7 Å². The first-order valence-corrected chi connectivity index (χ1v) is 19.3. The number of amides is 4. The number of hydrogen-bond donors (Lipinski definition) is 3. The zero-order chi connectivity index (χ0) is 40.9. The summed E-state index contributed by atoms with van der Waals surface area (Å²) >= 11 is 5.87. The van der Waals surface area contributed by atoms with E-state index in [0.29, 0.717) is 86.6 Å². The molecule has 4 aromatic rings. The molecular formula is C42H46ClN5O10. The standard InChI is InChI=1S/C42H46ClN5O10/c1-53-35-22-27(14-15-44-24-28-7-11-34(36(23-28)54-2)58-26-29-8-12-37(43)46-25-29)6-10-33(35)57-21-20-56-19-18-55-17-16-45-31-5-3-4-30-39(31)42(52)48(41(30)51)32-9-13-38(49)47-40(32)50/h3-8,10-12,22-23,25,32,44-45H,9,13-21,24,26H2,1-2H3,(H,47,49,50). The minimum atomic E-state index is -1.02. The van der Waals surface area contributed by atoms with Crippen LogP contribution in [0.3, 0.4) is 0 Å². The lowest BCUT2D eigenvalue weighted by molar-refractivity contribution is -0.136. The third-order valence-corrected chi connectivity index (χ3v) is 9.67. The minimum absolute atomic E-state index is 0.0604. The fourth-order valence-corrected chi connectivity index (χ4v) is 6.61. The summed E-state index contributed by atoms with van der Waals surface area (Å²) in [6.07, 6.45) is 2.63. The van der Waals surface area contributed by atoms with Crippen LogP contribution in [0, 0.1) is 0 Å². The summed E-state index contributed by atoms with van der Waals surface area (Å²) in [5.74, 6) is 0.384. The summed E-state index contributed by atoms with van der Waals surface area (Å²) < 4.78 is 34.3. The Morgan fingerprint density at radius 3 is 2.22 bits per heavy atom. The number of ether oxygens (including phenoxy) is 6. The Hall–Kier alpha value is -5.74. The molecule has 1 saturated heterocycles. The second kappa shape index (κ2) is 20.6. The highest BCUT2D eigenvalue weighted by Crippen LogP contribution is 2.33. The molecule has 0 radical (unpaired) electrons. The van der Waals surface area contributed by atoms with Crippen molar-refractivity contribution in [3.63, 3.8) is 0 Å². The average Bonchev–Trinajstić information content (AvgIpc) is 3.49. The Kier molecular flexibility index (Phi) is 14.9. The van der Waals surface area contributed by atoms with E-state index in [2.05, 4.69) is 20.9 Å². The number of carbonyl (C=O) groups is 4. The smallest absolute Gasteiger partial charge is 0.264 e. The third kappa shape index (κ3) is 10.8. The van der Waals surface area contributed by atoms with E-state index < -0.39 is 29.7 Å². The van der Waals surface area contributed by atoms with Gasteiger partial charge in [0.15, 0.2) is 23.0 Å². The maximum Gasteiger partial charge on any atom is 0.264 e. The van der Waals surface area contributed by atoms with Crippen LogP contribution in [0.1, 0.15) is 50.2 Å². The molecule has 16 heteroatoms. The Morgan fingerprint density at radius 2 is 1.48 bits per heavy atom. The normalized spacial score (nSPS) is 14.9. The summed E-state index contributed by atoms with van der Waals surface area (Å²) in [6.45, 7) is 3.83. The molecule has 4 amide bonds. The van der Waals surface area contributed by atoms with Gasteiger partial charge in [0, 0.05) is 37.0 Å². The molecule has 0 aliphatic carbocycles. The van der Waals surface area contributed by atoms with Crippen molar-refractivity contribution in [3.8, 4) is 23.0 Å². The van der Waals surface area contributed by atoms with Crippen molar-refractivity contribution >= 4 is 40.9 Å². The predicted octanol–water partition coefficient (Wildman–Crippen LogP) is 4.59. The Morgan fingerprint density at radius 1 is 0.776 bits per heavy atom. The highest BCUT2D eigenvalue weighted by molar-refractivity contribution is 6.29. The summed E-state index contributed by atoms with van der Waals surface area (Å²) in [4.78, 5) is 55.2. The summed E-state index contributed by atoms with van der Waals surface area (Å²) in [7, 11) is 3.23. The molecule has 3 N–H and O–H groups in total. The zero-order valence-corrected chi connectivity index (χ0v) is 33.1. The highest BCUT2D eigenvalue weighted by Gasteiger charge is 2.45. The van der Waals surface area contributed by atoms with Gasteiger partial charge in [-0.15, -0.1) is 0 Å². The van der Waals surface area contributed by atoms with Crippen LogP contribution in [0.5, 0.6) is 23.0 Å². The summed E-state index contributed by atoms with van der Waals surface area (Å²) in [6, 6.07) is 19.2. The van der Waals surface area contributed by atoms with Crippen LogP contribution < -0.4 is 34.9 Å². The molecule has 3 heterocycles. The van der Waals surface area contributed by atoms with Crippen molar-refractivity contribution in [3.05, 3.63) is 106 Å². The number of pyridine rings is 1. The number of carbonyl (C=O) groups excluding carboxylic acids is 4. The molecular weight excluding hydrogens is 770 g/mol. The maximum absolute atomic E-state index is 13.2. The largest absolute Gasteiger partial charge is 0.493 e. The van der Waals surface area contributed by atoms with Crippen LogP contribution >= 0.6 is 11.6 Å². The van der Waals surface area contributed by atoms with Crippen molar-refractivity contribution in [2.75, 3.05) is 65.7 Å². The first-order chi connectivity index (χ1) is 28.2. The van der Waals surface area contributed by atoms with E-state index >= 15 is 0 Å². The van der Waals surface area contributed by atoms with Crippen molar-refractivity contribution in [2.24, 2.45) is 0 Å². The Labute approximate surface area is 341 Å². The number of benzene rings is 3. The van der Waals surface area contributed by atoms with E-state index in [0.717, 1.165) is 34.6 Å². The number of fused-ring (bicyclic) bond motifs is 1. The molecule has 6 rings (SSSR count). The van der Waals surface area contributed by atoms with Gasteiger partial charge in [-0.05, 0) is 73.0 Å². The Bertz CT molecular complexity index is 2080. The van der Waals surface area contributed by atoms with Crippen molar-refractivity contribution in [2.45, 2.75) is 38.5 Å². The number of anilines is 1. The van der Waals surface area contributed by atoms with Gasteiger partial charge >= 0.3 is 0 Å². The molecule has 0 saturated carbocycles. The number of piperidine rings is 1. The van der Waals surface area contributed by atoms with Gasteiger partial charge in [0.05, 0.1) is 51.8 Å². The topological polar surface area (TPSA) is 176 Å². The number of nitrogens with one attached hydrogen (secondary N) is 3. The second-order valence-corrected chi connectivity index (χ2v) is 13.7. The summed E-state index contributed by atoms with van der Waals surface area (Å²) in [5.41, 5.74) is 3.96. The fraction of sp³-hybridized carbons (Fsp3) is 0.357. The Balaban J connectivity index is 0.839. The monoisotopic (exact) mass is 815 g/mol. The quantitative estimate of drug-likeness (QED) is 0.0572. The van der Waals surface area contributed by atoms with E-state index in [9.17, 15) is 19.2 Å². The molecule has 3 aromatic carbocycles. The number of methoxy groups -OCH3 is 2. The SMILES string of the molecule is COc1cc(CCNCc2ccc(OCc3ccc(Cl)nc3)c(OC)c2)ccc1OCCOCCOCCNc1cccc2c1C(=O)N(C1CCC(=O)NC1=O)C2=O. The van der Waals surface area contributed by atoms with Gasteiger partial charge < -0.3 is 39.1 Å². The molecule has 0 bridgehead atoms. The lowest BCUT2D eigenvalue weighted by Crippen LogP contribution is -2.54. The van der Waals surface area contributed by atoms with Crippen LogP contribution in [-0.2, 0) is 38.6 Å². The minimum Gasteiger partial charge on any atom is -0.493 e. The van der Waals surface area contributed by atoms with Crippen LogP contribution in [0.2, 0.25) is 5.15 Å². The zero-order valence-electron chi connectivity index (χ0n) is 32.3. The average molecular weight is 816 g/mol. The molecule has 1 atom stereocenters. The maximum atomic E-state index is 13.2. The third-order valence-electron chi connectivity index (χ3n) is 9.45. The van der Waals surface area contributed by atoms with Gasteiger partial charge in [-0.3, -0.25) is 29.4 Å². The first-order valence-electron chi connectivity index (χ1n) is 18.9. The van der Waals surface area contributed by atoms with Gasteiger partial charge in [-0.2, -0.15) is 0 Å². The number of hydrogen-bond acceptors (Lipinski definition) is 13. The van der Waals surface area contributed by atoms with Crippen LogP contribution in [-0.4, -0.2) is 99.9 Å². The molecule has 306 valence electrons. The van der Waals surface area contributed by atoms with Crippen molar-refractivity contribution in [1.29, 1.82) is 0 Å². The van der Waals surface area contributed by atoms with E-state index in [1.165, 1.54) is 0 Å². The lowest BCUT2D eigenvalue weighted by atomic mass is 10.0. The van der Waals surface area contributed by atoms with Crippen molar-refractivity contribution in [1.82, 2.24) is 20.5 Å². The van der Waals surface area contributed by atoms with Crippen molar-refractivity contribution < 1.29 is 47.6 Å². The van der Waals surface area contributed by atoms with Crippen LogP contribution in [0.25, 0.3) is 0 Å². The first kappa shape index (κ1) is 41.9. The molecule has 0 spiro atoms. The molecule has 15 nitrogen and oxygen atoms in total. The van der Waals surface area contributed by atoms with E-state index in [1.807, 2.05) is 42.5 Å². The molecule has 1 aromatic heterocycles. The van der Waals surface area contributed by atoms with Gasteiger partial charge in [0.25, 0.3) is 11.8 Å². The number of nitrogens with zero attached hydrogens (tertiary/aromatic N) is 2. The predicted molar refractivity (Wildman–Crippen MR) is 214 cm³/mol. The number of imide groups is 2. The number of halogens is 1. The van der Waals surface area contributed by atoms with Gasteiger partial charge in [-0.25, -0.2) is 4.98 Å². The van der Waals surface area contributed by atoms with E-state index in [-0.39, 0.29) is 24.0 Å². The lowest BCUT2D eigenvalue weighted by Gasteiger charge is -2.27. The number of rotatable bonds is 22. The van der Waals surface area contributed by atoms with Gasteiger partial charge in [0.2, 0.25) is 11.8 Å². The molecule has 2 aliphatic heterocycles. The molecule has 58 heavy (non-hydrogen) atoms. The molecule has 1 unspecified atom stereocenters. The molecule has 2 aliphatic rings.